The fraction of sp³-hybridized carbons (Fsp3) is 0.533. The highest BCUT2D eigenvalue weighted by Gasteiger charge is 2.23. The van der Waals surface area contributed by atoms with Gasteiger partial charge in [-0.2, -0.15) is 0 Å². The highest BCUT2D eigenvalue weighted by Crippen LogP contribution is 2.35. The summed E-state index contributed by atoms with van der Waals surface area (Å²) in [5, 5.41) is 7.22. The Balaban J connectivity index is 1.72. The zero-order valence-corrected chi connectivity index (χ0v) is 13.1. The Kier molecular flexibility index (Phi) is 4.01. The number of hydrogen-bond donors (Lipinski definition) is 1. The predicted molar refractivity (Wildman–Crippen MR) is 83.0 cm³/mol. The molecule has 3 rings (SSSR count). The second-order valence-corrected chi connectivity index (χ2v) is 7.30. The van der Waals surface area contributed by atoms with Crippen LogP contribution < -0.4 is 5.32 Å². The molecule has 2 atom stereocenters. The number of thiazole rings is 1. The van der Waals surface area contributed by atoms with Gasteiger partial charge in [0.05, 0.1) is 6.04 Å². The molecule has 2 unspecified atom stereocenters. The minimum absolute atomic E-state index is 0.348. The summed E-state index contributed by atoms with van der Waals surface area (Å²) in [6, 6.07) is 3.16. The van der Waals surface area contributed by atoms with Crippen molar-refractivity contribution in [2.24, 2.45) is 0 Å². The molecular formula is C15H20N2S2. The molecule has 0 saturated heterocycles. The van der Waals surface area contributed by atoms with Gasteiger partial charge in [-0.05, 0) is 49.6 Å². The van der Waals surface area contributed by atoms with Gasteiger partial charge in [0.15, 0.2) is 0 Å². The van der Waals surface area contributed by atoms with Crippen molar-refractivity contribution in [2.45, 2.75) is 51.6 Å². The van der Waals surface area contributed by atoms with Crippen molar-refractivity contribution >= 4 is 22.7 Å². The highest BCUT2D eigenvalue weighted by atomic mass is 32.1. The van der Waals surface area contributed by atoms with Gasteiger partial charge in [-0.15, -0.1) is 22.7 Å². The summed E-state index contributed by atoms with van der Waals surface area (Å²) in [6.07, 6.45) is 6.92. The van der Waals surface area contributed by atoms with Crippen LogP contribution in [-0.2, 0) is 12.8 Å². The lowest BCUT2D eigenvalue weighted by molar-refractivity contribution is 0.417. The van der Waals surface area contributed by atoms with Gasteiger partial charge in [0, 0.05) is 22.0 Å². The lowest BCUT2D eigenvalue weighted by Gasteiger charge is -2.26. The molecule has 2 nitrogen and oxygen atoms in total. The van der Waals surface area contributed by atoms with Crippen LogP contribution in [0, 0.1) is 0 Å². The predicted octanol–water partition coefficient (Wildman–Crippen LogP) is 4.50. The molecule has 0 spiro atoms. The standard InChI is InChI=1S/C15H20N2S2/c1-3-11-9-16-15(19-11)10(2)17-13-5-4-6-14-12(13)7-8-18-14/h7-10,13,17H,3-6H2,1-2H3. The molecule has 0 aromatic carbocycles. The van der Waals surface area contributed by atoms with E-state index >= 15 is 0 Å². The third-order valence-corrected chi connectivity index (χ3v) is 6.11. The van der Waals surface area contributed by atoms with Crippen molar-refractivity contribution < 1.29 is 0 Å². The summed E-state index contributed by atoms with van der Waals surface area (Å²) in [5.41, 5.74) is 1.52. The second-order valence-electron chi connectivity index (χ2n) is 5.15. The van der Waals surface area contributed by atoms with E-state index in [4.69, 9.17) is 0 Å². The third kappa shape index (κ3) is 2.76. The van der Waals surface area contributed by atoms with Crippen molar-refractivity contribution in [1.82, 2.24) is 10.3 Å². The molecule has 4 heteroatoms. The Morgan fingerprint density at radius 1 is 1.53 bits per heavy atom. The first kappa shape index (κ1) is 13.3. The number of aryl methyl sites for hydroxylation is 2. The largest absolute Gasteiger partial charge is 0.301 e. The van der Waals surface area contributed by atoms with Crippen LogP contribution in [-0.4, -0.2) is 4.98 Å². The number of nitrogens with zero attached hydrogens (tertiary/aromatic N) is 1. The maximum atomic E-state index is 4.55. The van der Waals surface area contributed by atoms with Crippen LogP contribution in [0.25, 0.3) is 0 Å². The number of fused-ring (bicyclic) bond motifs is 1. The fourth-order valence-corrected chi connectivity index (χ4v) is 4.57. The van der Waals surface area contributed by atoms with E-state index in [1.807, 2.05) is 28.9 Å². The van der Waals surface area contributed by atoms with Gasteiger partial charge in [-0.25, -0.2) is 4.98 Å². The number of hydrogen-bond acceptors (Lipinski definition) is 4. The normalized spacial score (nSPS) is 20.2. The quantitative estimate of drug-likeness (QED) is 0.897. The number of thiophene rings is 1. The third-order valence-electron chi connectivity index (χ3n) is 3.79. The van der Waals surface area contributed by atoms with Crippen molar-refractivity contribution in [3.8, 4) is 0 Å². The molecule has 1 aliphatic rings. The molecular weight excluding hydrogens is 272 g/mol. The van der Waals surface area contributed by atoms with Crippen molar-refractivity contribution in [1.29, 1.82) is 0 Å². The van der Waals surface area contributed by atoms with Crippen LogP contribution >= 0.6 is 22.7 Å². The number of aromatic nitrogens is 1. The molecule has 1 N–H and O–H groups in total. The molecule has 0 aliphatic heterocycles. The maximum Gasteiger partial charge on any atom is 0.109 e. The molecule has 0 fully saturated rings. The Labute approximate surface area is 122 Å². The van der Waals surface area contributed by atoms with Crippen LogP contribution in [0.1, 0.15) is 59.1 Å². The minimum atomic E-state index is 0.348. The average Bonchev–Trinajstić information content (AvgIpc) is 3.08. The summed E-state index contributed by atoms with van der Waals surface area (Å²) >= 11 is 3.75. The van der Waals surface area contributed by atoms with Crippen LogP contribution in [0.4, 0.5) is 0 Å². The first-order chi connectivity index (χ1) is 9.28. The monoisotopic (exact) mass is 292 g/mol. The van der Waals surface area contributed by atoms with Gasteiger partial charge in [0.1, 0.15) is 5.01 Å². The molecule has 19 heavy (non-hydrogen) atoms. The van der Waals surface area contributed by atoms with Crippen LogP contribution in [0.2, 0.25) is 0 Å². The summed E-state index contributed by atoms with van der Waals surface area (Å²) < 4.78 is 0. The van der Waals surface area contributed by atoms with E-state index < -0.39 is 0 Å². The Hall–Kier alpha value is -0.710. The molecule has 1 aliphatic carbocycles. The number of nitrogens with one attached hydrogen (secondary N) is 1. The van der Waals surface area contributed by atoms with Crippen molar-refractivity contribution in [2.75, 3.05) is 0 Å². The van der Waals surface area contributed by atoms with Gasteiger partial charge < -0.3 is 5.32 Å². The second kappa shape index (κ2) is 5.73. The molecule has 102 valence electrons. The van der Waals surface area contributed by atoms with E-state index in [0.717, 1.165) is 6.42 Å². The fourth-order valence-electron chi connectivity index (χ4n) is 2.72. The summed E-state index contributed by atoms with van der Waals surface area (Å²) in [4.78, 5) is 7.51. The Bertz CT molecular complexity index is 544. The van der Waals surface area contributed by atoms with Gasteiger partial charge in [-0.1, -0.05) is 6.92 Å². The van der Waals surface area contributed by atoms with Crippen LogP contribution in [0.3, 0.4) is 0 Å². The smallest absolute Gasteiger partial charge is 0.109 e. The van der Waals surface area contributed by atoms with Gasteiger partial charge in [0.2, 0.25) is 0 Å². The molecule has 2 aromatic rings. The van der Waals surface area contributed by atoms with Crippen LogP contribution in [0.15, 0.2) is 17.6 Å². The van der Waals surface area contributed by atoms with E-state index in [9.17, 15) is 0 Å². The molecule has 0 radical (unpaired) electrons. The molecule has 2 heterocycles. The molecule has 0 bridgehead atoms. The lowest BCUT2D eigenvalue weighted by atomic mass is 9.93. The summed E-state index contributed by atoms with van der Waals surface area (Å²) in [6.45, 7) is 4.42. The van der Waals surface area contributed by atoms with E-state index in [1.165, 1.54) is 34.7 Å². The first-order valence-electron chi connectivity index (χ1n) is 7.05. The molecule has 0 saturated carbocycles. The average molecular weight is 292 g/mol. The Morgan fingerprint density at radius 2 is 2.42 bits per heavy atom. The van der Waals surface area contributed by atoms with Crippen molar-refractivity contribution in [3.05, 3.63) is 38.0 Å². The minimum Gasteiger partial charge on any atom is -0.301 e. The van der Waals surface area contributed by atoms with E-state index in [2.05, 4.69) is 35.6 Å². The molecule has 2 aromatic heterocycles. The first-order valence-corrected chi connectivity index (χ1v) is 8.74. The summed E-state index contributed by atoms with van der Waals surface area (Å²) in [7, 11) is 0. The Morgan fingerprint density at radius 3 is 3.21 bits per heavy atom. The number of rotatable bonds is 4. The molecule has 0 amide bonds. The van der Waals surface area contributed by atoms with E-state index in [0.29, 0.717) is 12.1 Å². The summed E-state index contributed by atoms with van der Waals surface area (Å²) in [5.74, 6) is 0. The van der Waals surface area contributed by atoms with Gasteiger partial charge >= 0.3 is 0 Å². The van der Waals surface area contributed by atoms with Gasteiger partial charge in [0.25, 0.3) is 0 Å². The van der Waals surface area contributed by atoms with Crippen LogP contribution in [0.5, 0.6) is 0 Å². The van der Waals surface area contributed by atoms with Gasteiger partial charge in [-0.3, -0.25) is 0 Å². The lowest BCUT2D eigenvalue weighted by Crippen LogP contribution is -2.26. The van der Waals surface area contributed by atoms with E-state index in [1.54, 1.807) is 4.88 Å². The van der Waals surface area contributed by atoms with Crippen molar-refractivity contribution in [3.63, 3.8) is 0 Å². The maximum absolute atomic E-state index is 4.55. The topological polar surface area (TPSA) is 24.9 Å². The zero-order valence-electron chi connectivity index (χ0n) is 11.5. The van der Waals surface area contributed by atoms with E-state index in [-0.39, 0.29) is 0 Å². The SMILES string of the molecule is CCc1cnc(C(C)NC2CCCc3sccc32)s1. The zero-order chi connectivity index (χ0) is 13.2. The highest BCUT2D eigenvalue weighted by molar-refractivity contribution is 7.11.